The predicted molar refractivity (Wildman–Crippen MR) is 151 cm³/mol. The lowest BCUT2D eigenvalue weighted by Gasteiger charge is -2.28. The molecular formula is C34H27F2N3. The SMILES string of the molecule is FC1(F)CC=C(c2ccc(-c3ccc4c(n3)CCN(Cc3ccccc3)C4)cc2)c2cc3ccccc3nc21. The first-order valence-corrected chi connectivity index (χ1v) is 13.4. The lowest BCUT2D eigenvalue weighted by molar-refractivity contribution is -0.00675. The molecule has 3 heterocycles. The molecule has 3 aromatic carbocycles. The lowest BCUT2D eigenvalue weighted by atomic mass is 9.86. The molecule has 5 heteroatoms. The fourth-order valence-corrected chi connectivity index (χ4v) is 5.74. The van der Waals surface area contributed by atoms with E-state index in [4.69, 9.17) is 4.98 Å². The molecule has 0 N–H and O–H groups in total. The molecule has 3 nitrogen and oxygen atoms in total. The number of hydrogen-bond donors (Lipinski definition) is 0. The van der Waals surface area contributed by atoms with Gasteiger partial charge in [-0.15, -0.1) is 0 Å². The third-order valence-corrected chi connectivity index (χ3v) is 7.79. The van der Waals surface area contributed by atoms with Gasteiger partial charge in [-0.25, -0.2) is 4.98 Å². The Morgan fingerprint density at radius 2 is 1.56 bits per heavy atom. The number of hydrogen-bond acceptors (Lipinski definition) is 3. The fraction of sp³-hybridized carbons (Fsp3) is 0.176. The molecular weight excluding hydrogens is 488 g/mol. The average Bonchev–Trinajstić information content (AvgIpc) is 2.97. The maximum atomic E-state index is 14.9. The van der Waals surface area contributed by atoms with Crippen LogP contribution in [-0.4, -0.2) is 21.4 Å². The van der Waals surface area contributed by atoms with Crippen LogP contribution in [0.25, 0.3) is 27.7 Å². The number of pyridine rings is 2. The smallest absolute Gasteiger partial charge is 0.293 e. The standard InChI is InChI=1S/C34H27F2N3/c35-34(36)18-16-28(29-20-26-8-4-5-9-30(26)38-33(29)34)24-10-12-25(13-11-24)31-15-14-27-22-39(19-17-32(27)37-31)21-23-6-2-1-3-7-23/h1-16,20H,17-19,21-22H2. The third kappa shape index (κ3) is 4.53. The van der Waals surface area contributed by atoms with Crippen LogP contribution in [0.15, 0.2) is 103 Å². The van der Waals surface area contributed by atoms with Crippen LogP contribution in [0.4, 0.5) is 8.78 Å². The van der Waals surface area contributed by atoms with E-state index in [1.165, 1.54) is 11.1 Å². The minimum Gasteiger partial charge on any atom is -0.294 e. The molecule has 1 aliphatic carbocycles. The second kappa shape index (κ2) is 9.51. The molecule has 0 spiro atoms. The third-order valence-electron chi connectivity index (χ3n) is 7.79. The largest absolute Gasteiger partial charge is 0.294 e. The number of fused-ring (bicyclic) bond motifs is 3. The summed E-state index contributed by atoms with van der Waals surface area (Å²) < 4.78 is 29.7. The van der Waals surface area contributed by atoms with Crippen LogP contribution in [0.1, 0.15) is 40.1 Å². The minimum absolute atomic E-state index is 0.138. The maximum absolute atomic E-state index is 14.9. The molecule has 2 aliphatic rings. The molecule has 1 aliphatic heterocycles. The van der Waals surface area contributed by atoms with Gasteiger partial charge in [-0.3, -0.25) is 9.88 Å². The number of aromatic nitrogens is 2. The normalized spacial score (nSPS) is 16.4. The summed E-state index contributed by atoms with van der Waals surface area (Å²) in [7, 11) is 0. The molecule has 192 valence electrons. The zero-order valence-corrected chi connectivity index (χ0v) is 21.4. The summed E-state index contributed by atoms with van der Waals surface area (Å²) in [6.07, 6.45) is 2.22. The topological polar surface area (TPSA) is 29.0 Å². The van der Waals surface area contributed by atoms with E-state index in [2.05, 4.69) is 52.3 Å². The molecule has 2 aromatic heterocycles. The van der Waals surface area contributed by atoms with Gasteiger partial charge < -0.3 is 0 Å². The van der Waals surface area contributed by atoms with E-state index in [-0.39, 0.29) is 12.1 Å². The van der Waals surface area contributed by atoms with E-state index < -0.39 is 5.92 Å². The zero-order valence-electron chi connectivity index (χ0n) is 21.4. The van der Waals surface area contributed by atoms with Crippen molar-refractivity contribution in [3.63, 3.8) is 0 Å². The van der Waals surface area contributed by atoms with Gasteiger partial charge in [-0.05, 0) is 40.5 Å². The maximum Gasteiger partial charge on any atom is 0.293 e. The second-order valence-corrected chi connectivity index (χ2v) is 10.4. The molecule has 0 atom stereocenters. The Balaban J connectivity index is 1.14. The van der Waals surface area contributed by atoms with Crippen molar-refractivity contribution < 1.29 is 8.78 Å². The first kappa shape index (κ1) is 23.9. The highest BCUT2D eigenvalue weighted by Crippen LogP contribution is 2.44. The Labute approximate surface area is 226 Å². The number of benzene rings is 3. The van der Waals surface area contributed by atoms with Gasteiger partial charge in [0.15, 0.2) is 0 Å². The van der Waals surface area contributed by atoms with Crippen LogP contribution < -0.4 is 0 Å². The molecule has 0 radical (unpaired) electrons. The van der Waals surface area contributed by atoms with Crippen molar-refractivity contribution in [2.75, 3.05) is 6.54 Å². The van der Waals surface area contributed by atoms with Gasteiger partial charge in [0.1, 0.15) is 5.69 Å². The molecule has 0 saturated heterocycles. The highest BCUT2D eigenvalue weighted by atomic mass is 19.3. The van der Waals surface area contributed by atoms with E-state index in [1.54, 1.807) is 12.1 Å². The van der Waals surface area contributed by atoms with Crippen LogP contribution in [0, 0.1) is 0 Å². The summed E-state index contributed by atoms with van der Waals surface area (Å²) in [4.78, 5) is 11.8. The Morgan fingerprint density at radius 1 is 0.795 bits per heavy atom. The van der Waals surface area contributed by atoms with Gasteiger partial charge in [-0.2, -0.15) is 8.78 Å². The first-order valence-electron chi connectivity index (χ1n) is 13.4. The Hall–Kier alpha value is -4.22. The van der Waals surface area contributed by atoms with Gasteiger partial charge in [0.05, 0.1) is 11.2 Å². The molecule has 5 aromatic rings. The van der Waals surface area contributed by atoms with Gasteiger partial charge in [0.25, 0.3) is 5.92 Å². The van der Waals surface area contributed by atoms with Crippen LogP contribution in [0.5, 0.6) is 0 Å². The van der Waals surface area contributed by atoms with Crippen molar-refractivity contribution in [3.8, 4) is 11.3 Å². The van der Waals surface area contributed by atoms with Crippen LogP contribution >= 0.6 is 0 Å². The average molecular weight is 516 g/mol. The van der Waals surface area contributed by atoms with Crippen LogP contribution in [0.3, 0.4) is 0 Å². The van der Waals surface area contributed by atoms with Gasteiger partial charge in [0, 0.05) is 54.7 Å². The van der Waals surface area contributed by atoms with E-state index in [0.717, 1.165) is 59.5 Å². The van der Waals surface area contributed by atoms with Gasteiger partial charge in [0.2, 0.25) is 0 Å². The molecule has 0 fully saturated rings. The highest BCUT2D eigenvalue weighted by Gasteiger charge is 2.39. The Kier molecular flexibility index (Phi) is 5.82. The molecule has 7 rings (SSSR count). The van der Waals surface area contributed by atoms with Gasteiger partial charge in [-0.1, -0.05) is 84.9 Å². The van der Waals surface area contributed by atoms with Crippen LogP contribution in [-0.2, 0) is 25.4 Å². The van der Waals surface area contributed by atoms with Gasteiger partial charge >= 0.3 is 0 Å². The second-order valence-electron chi connectivity index (χ2n) is 10.4. The number of nitrogens with zero attached hydrogens (tertiary/aromatic N) is 3. The Morgan fingerprint density at radius 3 is 2.41 bits per heavy atom. The summed E-state index contributed by atoms with van der Waals surface area (Å²) in [5, 5.41) is 0.858. The summed E-state index contributed by atoms with van der Waals surface area (Å²) in [6, 6.07) is 32.2. The summed E-state index contributed by atoms with van der Waals surface area (Å²) >= 11 is 0. The van der Waals surface area contributed by atoms with Crippen LogP contribution in [0.2, 0.25) is 0 Å². The molecule has 0 saturated carbocycles. The summed E-state index contributed by atoms with van der Waals surface area (Å²) in [5.74, 6) is -2.98. The Bertz CT molecular complexity index is 1710. The van der Waals surface area contributed by atoms with E-state index in [0.29, 0.717) is 11.1 Å². The monoisotopic (exact) mass is 515 g/mol. The predicted octanol–water partition coefficient (Wildman–Crippen LogP) is 7.78. The quantitative estimate of drug-likeness (QED) is 0.245. The number of para-hydroxylation sites is 1. The number of allylic oxidation sites excluding steroid dienone is 1. The van der Waals surface area contributed by atoms with Crippen molar-refractivity contribution in [2.45, 2.75) is 31.9 Å². The number of halogens is 2. The number of alkyl halides is 2. The van der Waals surface area contributed by atoms with Crippen molar-refractivity contribution in [3.05, 3.63) is 137 Å². The van der Waals surface area contributed by atoms with E-state index in [9.17, 15) is 8.78 Å². The molecule has 0 amide bonds. The zero-order chi connectivity index (χ0) is 26.4. The molecule has 0 bridgehead atoms. The minimum atomic E-state index is -2.98. The molecule has 39 heavy (non-hydrogen) atoms. The highest BCUT2D eigenvalue weighted by molar-refractivity contribution is 5.89. The van der Waals surface area contributed by atoms with Crippen molar-refractivity contribution in [1.29, 1.82) is 0 Å². The van der Waals surface area contributed by atoms with Crippen molar-refractivity contribution in [2.24, 2.45) is 0 Å². The number of rotatable bonds is 4. The lowest BCUT2D eigenvalue weighted by Crippen LogP contribution is -2.30. The van der Waals surface area contributed by atoms with E-state index >= 15 is 0 Å². The summed E-state index contributed by atoms with van der Waals surface area (Å²) in [5.41, 5.74) is 8.39. The molecule has 0 unspecified atom stereocenters. The first-order chi connectivity index (χ1) is 19.0. The van der Waals surface area contributed by atoms with E-state index in [1.807, 2.05) is 48.5 Å². The fourth-order valence-electron chi connectivity index (χ4n) is 5.74. The van der Waals surface area contributed by atoms with Crippen molar-refractivity contribution in [1.82, 2.24) is 14.9 Å². The van der Waals surface area contributed by atoms with Crippen molar-refractivity contribution >= 4 is 16.5 Å². The summed E-state index contributed by atoms with van der Waals surface area (Å²) in [6.45, 7) is 2.83.